The monoisotopic (exact) mass is 243 g/mol. The van der Waals surface area contributed by atoms with Gasteiger partial charge in [0.25, 0.3) is 0 Å². The van der Waals surface area contributed by atoms with Crippen molar-refractivity contribution >= 4 is 11.8 Å². The molecule has 1 aromatic rings. The van der Waals surface area contributed by atoms with E-state index in [1.807, 2.05) is 11.8 Å². The number of hydrogen-bond donors (Lipinski definition) is 1. The van der Waals surface area contributed by atoms with Crippen LogP contribution in [0.4, 0.5) is 8.78 Å². The molecule has 1 aromatic carbocycles. The van der Waals surface area contributed by atoms with Crippen LogP contribution in [-0.2, 0) is 6.54 Å². The highest BCUT2D eigenvalue weighted by atomic mass is 32.2. The topological polar surface area (TPSA) is 12.0 Å². The SMILES string of the molecule is CC1SCCC1NCc1ccc(F)c(F)c1. The Bertz CT molecular complexity index is 370. The zero-order valence-electron chi connectivity index (χ0n) is 9.17. The molecule has 0 aromatic heterocycles. The molecule has 1 aliphatic rings. The molecule has 0 bridgehead atoms. The number of halogens is 2. The Hall–Kier alpha value is -0.610. The summed E-state index contributed by atoms with van der Waals surface area (Å²) in [5.74, 6) is -0.377. The van der Waals surface area contributed by atoms with Crippen molar-refractivity contribution in [2.45, 2.75) is 31.2 Å². The summed E-state index contributed by atoms with van der Waals surface area (Å²) in [4.78, 5) is 0. The highest BCUT2D eigenvalue weighted by molar-refractivity contribution is 8.00. The Morgan fingerprint density at radius 3 is 2.81 bits per heavy atom. The lowest BCUT2D eigenvalue weighted by atomic mass is 10.1. The first-order valence-corrected chi connectivity index (χ1v) is 6.50. The molecule has 0 spiro atoms. The molecule has 16 heavy (non-hydrogen) atoms. The second-order valence-electron chi connectivity index (χ2n) is 4.10. The minimum Gasteiger partial charge on any atom is -0.309 e. The highest BCUT2D eigenvalue weighted by Gasteiger charge is 2.23. The lowest BCUT2D eigenvalue weighted by molar-refractivity contribution is 0.495. The smallest absolute Gasteiger partial charge is 0.159 e. The van der Waals surface area contributed by atoms with Gasteiger partial charge in [-0.3, -0.25) is 0 Å². The fourth-order valence-electron chi connectivity index (χ4n) is 1.90. The third-order valence-electron chi connectivity index (χ3n) is 2.93. The van der Waals surface area contributed by atoms with E-state index in [0.29, 0.717) is 17.8 Å². The largest absolute Gasteiger partial charge is 0.309 e. The van der Waals surface area contributed by atoms with Crippen molar-refractivity contribution in [3.63, 3.8) is 0 Å². The van der Waals surface area contributed by atoms with Gasteiger partial charge in [-0.25, -0.2) is 8.78 Å². The molecule has 4 heteroatoms. The fourth-order valence-corrected chi connectivity index (χ4v) is 3.12. The average molecular weight is 243 g/mol. The van der Waals surface area contributed by atoms with Gasteiger partial charge < -0.3 is 5.32 Å². The zero-order chi connectivity index (χ0) is 11.5. The van der Waals surface area contributed by atoms with E-state index in [1.165, 1.54) is 17.9 Å². The molecule has 1 nitrogen and oxygen atoms in total. The number of thioether (sulfide) groups is 1. The fraction of sp³-hybridized carbons (Fsp3) is 0.500. The lowest BCUT2D eigenvalue weighted by Crippen LogP contribution is -2.32. The second-order valence-corrected chi connectivity index (χ2v) is 5.59. The summed E-state index contributed by atoms with van der Waals surface area (Å²) in [5, 5.41) is 3.99. The van der Waals surface area contributed by atoms with Crippen molar-refractivity contribution in [1.29, 1.82) is 0 Å². The van der Waals surface area contributed by atoms with Crippen LogP contribution in [0, 0.1) is 11.6 Å². The first-order chi connectivity index (χ1) is 7.66. The molecule has 88 valence electrons. The summed E-state index contributed by atoms with van der Waals surface area (Å²) >= 11 is 1.95. The van der Waals surface area contributed by atoms with Crippen molar-refractivity contribution in [2.24, 2.45) is 0 Å². The standard InChI is InChI=1S/C12H15F2NS/c1-8-12(4-5-16-8)15-7-9-2-3-10(13)11(14)6-9/h2-3,6,8,12,15H,4-5,7H2,1H3. The van der Waals surface area contributed by atoms with Crippen LogP contribution in [0.3, 0.4) is 0 Å². The number of benzene rings is 1. The maximum Gasteiger partial charge on any atom is 0.159 e. The number of rotatable bonds is 3. The summed E-state index contributed by atoms with van der Waals surface area (Å²) in [7, 11) is 0. The number of nitrogens with one attached hydrogen (secondary N) is 1. The molecule has 0 saturated carbocycles. The Morgan fingerprint density at radius 2 is 2.19 bits per heavy atom. The average Bonchev–Trinajstić information content (AvgIpc) is 2.66. The van der Waals surface area contributed by atoms with Crippen LogP contribution in [0.1, 0.15) is 18.9 Å². The van der Waals surface area contributed by atoms with Crippen molar-refractivity contribution in [1.82, 2.24) is 5.32 Å². The molecular weight excluding hydrogens is 228 g/mol. The van der Waals surface area contributed by atoms with E-state index >= 15 is 0 Å². The van der Waals surface area contributed by atoms with Gasteiger partial charge in [0, 0.05) is 17.8 Å². The molecule has 2 atom stereocenters. The van der Waals surface area contributed by atoms with E-state index in [0.717, 1.165) is 12.0 Å². The summed E-state index contributed by atoms with van der Waals surface area (Å²) in [6.45, 7) is 2.80. The van der Waals surface area contributed by atoms with Crippen molar-refractivity contribution in [3.05, 3.63) is 35.4 Å². The minimum atomic E-state index is -0.784. The van der Waals surface area contributed by atoms with E-state index in [-0.39, 0.29) is 0 Å². The van der Waals surface area contributed by atoms with Crippen LogP contribution in [-0.4, -0.2) is 17.0 Å². The van der Waals surface area contributed by atoms with Crippen LogP contribution in [0.15, 0.2) is 18.2 Å². The molecule has 1 N–H and O–H groups in total. The molecule has 1 aliphatic heterocycles. The quantitative estimate of drug-likeness (QED) is 0.876. The van der Waals surface area contributed by atoms with Gasteiger partial charge >= 0.3 is 0 Å². The van der Waals surface area contributed by atoms with E-state index in [4.69, 9.17) is 0 Å². The molecule has 2 rings (SSSR count). The summed E-state index contributed by atoms with van der Waals surface area (Å²) in [5.41, 5.74) is 0.794. The van der Waals surface area contributed by atoms with Crippen LogP contribution >= 0.6 is 11.8 Å². The van der Waals surface area contributed by atoms with Gasteiger partial charge in [0.1, 0.15) is 0 Å². The van der Waals surface area contributed by atoms with Gasteiger partial charge in [0.15, 0.2) is 11.6 Å². The molecule has 2 unspecified atom stereocenters. The lowest BCUT2D eigenvalue weighted by Gasteiger charge is -2.16. The van der Waals surface area contributed by atoms with E-state index < -0.39 is 11.6 Å². The van der Waals surface area contributed by atoms with Gasteiger partial charge in [-0.05, 0) is 29.9 Å². The normalized spacial score (nSPS) is 24.9. The summed E-state index contributed by atoms with van der Waals surface area (Å²) < 4.78 is 25.7. The second kappa shape index (κ2) is 5.15. The molecule has 0 amide bonds. The minimum absolute atomic E-state index is 0.484. The molecular formula is C12H15F2NS. The Balaban J connectivity index is 1.91. The first-order valence-electron chi connectivity index (χ1n) is 5.46. The first kappa shape index (κ1) is 11.9. The van der Waals surface area contributed by atoms with Crippen LogP contribution in [0.2, 0.25) is 0 Å². The maximum atomic E-state index is 12.9. The van der Waals surface area contributed by atoms with Gasteiger partial charge in [0.05, 0.1) is 0 Å². The predicted octanol–water partition coefficient (Wildman–Crippen LogP) is 2.95. The molecule has 1 saturated heterocycles. The van der Waals surface area contributed by atoms with Crippen molar-refractivity contribution in [2.75, 3.05) is 5.75 Å². The Kier molecular flexibility index (Phi) is 3.82. The van der Waals surface area contributed by atoms with Gasteiger partial charge in [-0.2, -0.15) is 11.8 Å². The van der Waals surface area contributed by atoms with Crippen LogP contribution in [0.5, 0.6) is 0 Å². The van der Waals surface area contributed by atoms with E-state index in [9.17, 15) is 8.78 Å². The summed E-state index contributed by atoms with van der Waals surface area (Å²) in [6, 6.07) is 4.55. The van der Waals surface area contributed by atoms with E-state index in [1.54, 1.807) is 6.07 Å². The third kappa shape index (κ3) is 2.74. The van der Waals surface area contributed by atoms with E-state index in [2.05, 4.69) is 12.2 Å². The Labute approximate surface area is 98.6 Å². The van der Waals surface area contributed by atoms with Crippen molar-refractivity contribution < 1.29 is 8.78 Å². The summed E-state index contributed by atoms with van der Waals surface area (Å²) in [6.07, 6.45) is 1.15. The predicted molar refractivity (Wildman–Crippen MR) is 63.5 cm³/mol. The Morgan fingerprint density at radius 1 is 1.38 bits per heavy atom. The van der Waals surface area contributed by atoms with Gasteiger partial charge in [-0.1, -0.05) is 13.0 Å². The third-order valence-corrected chi connectivity index (χ3v) is 4.25. The highest BCUT2D eigenvalue weighted by Crippen LogP contribution is 2.26. The number of hydrogen-bond acceptors (Lipinski definition) is 2. The molecule has 1 fully saturated rings. The molecule has 1 heterocycles. The van der Waals surface area contributed by atoms with Gasteiger partial charge in [-0.15, -0.1) is 0 Å². The van der Waals surface area contributed by atoms with Crippen LogP contribution in [0.25, 0.3) is 0 Å². The molecule has 0 radical (unpaired) electrons. The zero-order valence-corrected chi connectivity index (χ0v) is 9.99. The maximum absolute atomic E-state index is 12.9. The van der Waals surface area contributed by atoms with Crippen molar-refractivity contribution in [3.8, 4) is 0 Å². The molecule has 0 aliphatic carbocycles. The van der Waals surface area contributed by atoms with Crippen LogP contribution < -0.4 is 5.32 Å². The van der Waals surface area contributed by atoms with Gasteiger partial charge in [0.2, 0.25) is 0 Å².